The molecule has 0 unspecified atom stereocenters. The molecule has 5 heteroatoms. The maximum atomic E-state index is 13.4. The molecule has 0 spiro atoms. The zero-order valence-corrected chi connectivity index (χ0v) is 9.84. The molecule has 0 aliphatic rings. The van der Waals surface area contributed by atoms with E-state index in [4.69, 9.17) is 0 Å². The number of benzene rings is 2. The van der Waals surface area contributed by atoms with Crippen molar-refractivity contribution in [3.8, 4) is 0 Å². The molecule has 0 aromatic heterocycles. The maximum Gasteiger partial charge on any atom is 0.263 e. The van der Waals surface area contributed by atoms with Crippen LogP contribution >= 0.6 is 0 Å². The van der Waals surface area contributed by atoms with E-state index in [9.17, 15) is 17.6 Å². The lowest BCUT2D eigenvalue weighted by Gasteiger charge is -2.09. The van der Waals surface area contributed by atoms with Crippen LogP contribution in [0.2, 0.25) is 0 Å². The Balaban J connectivity index is 2.10. The van der Waals surface area contributed by atoms with Gasteiger partial charge in [0.1, 0.15) is 0 Å². The van der Waals surface area contributed by atoms with Crippen LogP contribution in [0.25, 0.3) is 0 Å². The standard InChI is InChI=1S/C14H11F4N/c15-11-5-2-6-12(13(11)16)19-8-9-3-1-4-10(7-9)14(17)18/h1-7,14,19H,8H2. The lowest BCUT2D eigenvalue weighted by Crippen LogP contribution is -2.03. The molecule has 1 N–H and O–H groups in total. The van der Waals surface area contributed by atoms with Crippen molar-refractivity contribution in [2.75, 3.05) is 5.32 Å². The molecule has 100 valence electrons. The number of nitrogens with one attached hydrogen (secondary N) is 1. The van der Waals surface area contributed by atoms with Gasteiger partial charge in [0, 0.05) is 12.1 Å². The van der Waals surface area contributed by atoms with Gasteiger partial charge in [-0.15, -0.1) is 0 Å². The third-order valence-electron chi connectivity index (χ3n) is 2.64. The monoisotopic (exact) mass is 269 g/mol. The molecule has 2 aromatic rings. The third kappa shape index (κ3) is 3.24. The highest BCUT2D eigenvalue weighted by Crippen LogP contribution is 2.21. The Hall–Kier alpha value is -2.04. The Morgan fingerprint density at radius 3 is 2.47 bits per heavy atom. The van der Waals surface area contributed by atoms with Gasteiger partial charge in [0.15, 0.2) is 11.6 Å². The second kappa shape index (κ2) is 5.73. The molecular formula is C14H11F4N. The Kier molecular flexibility index (Phi) is 4.04. The summed E-state index contributed by atoms with van der Waals surface area (Å²) < 4.78 is 51.3. The zero-order valence-electron chi connectivity index (χ0n) is 9.84. The average Bonchev–Trinajstić information content (AvgIpc) is 2.41. The molecule has 0 aliphatic heterocycles. The molecule has 0 aliphatic carbocycles. The van der Waals surface area contributed by atoms with E-state index >= 15 is 0 Å². The minimum atomic E-state index is -2.55. The van der Waals surface area contributed by atoms with Gasteiger partial charge in [-0.3, -0.25) is 0 Å². The molecule has 2 aromatic carbocycles. The van der Waals surface area contributed by atoms with Gasteiger partial charge in [-0.2, -0.15) is 0 Å². The molecule has 0 heterocycles. The summed E-state index contributed by atoms with van der Waals surface area (Å²) in [5.74, 6) is -1.93. The summed E-state index contributed by atoms with van der Waals surface area (Å²) in [6, 6.07) is 9.55. The van der Waals surface area contributed by atoms with Crippen molar-refractivity contribution in [3.05, 3.63) is 65.2 Å². The average molecular weight is 269 g/mol. The highest BCUT2D eigenvalue weighted by molar-refractivity contribution is 5.45. The molecule has 0 bridgehead atoms. The number of rotatable bonds is 4. The van der Waals surface area contributed by atoms with E-state index < -0.39 is 18.1 Å². The number of hydrogen-bond donors (Lipinski definition) is 1. The lowest BCUT2D eigenvalue weighted by atomic mass is 10.1. The summed E-state index contributed by atoms with van der Waals surface area (Å²) in [4.78, 5) is 0. The van der Waals surface area contributed by atoms with Crippen LogP contribution in [0, 0.1) is 11.6 Å². The van der Waals surface area contributed by atoms with Crippen LogP contribution in [0.5, 0.6) is 0 Å². The van der Waals surface area contributed by atoms with Gasteiger partial charge in [-0.25, -0.2) is 17.6 Å². The van der Waals surface area contributed by atoms with E-state index in [2.05, 4.69) is 5.32 Å². The van der Waals surface area contributed by atoms with Crippen LogP contribution < -0.4 is 5.32 Å². The van der Waals surface area contributed by atoms with E-state index in [1.807, 2.05) is 0 Å². The van der Waals surface area contributed by atoms with E-state index in [0.29, 0.717) is 5.56 Å². The van der Waals surface area contributed by atoms with Crippen molar-refractivity contribution in [1.29, 1.82) is 0 Å². The molecule has 0 radical (unpaired) electrons. The summed E-state index contributed by atoms with van der Waals surface area (Å²) in [5.41, 5.74) is 0.475. The van der Waals surface area contributed by atoms with E-state index in [1.54, 1.807) is 6.07 Å². The van der Waals surface area contributed by atoms with Crippen LogP contribution in [0.3, 0.4) is 0 Å². The number of anilines is 1. The smallest absolute Gasteiger partial charge is 0.263 e. The van der Waals surface area contributed by atoms with Crippen molar-refractivity contribution in [3.63, 3.8) is 0 Å². The van der Waals surface area contributed by atoms with Gasteiger partial charge in [0.25, 0.3) is 6.43 Å². The van der Waals surface area contributed by atoms with Crippen molar-refractivity contribution in [2.24, 2.45) is 0 Å². The minimum absolute atomic E-state index is 0.00227. The largest absolute Gasteiger partial charge is 0.379 e. The molecule has 0 fully saturated rings. The molecule has 1 nitrogen and oxygen atoms in total. The fraction of sp³-hybridized carbons (Fsp3) is 0.143. The SMILES string of the molecule is Fc1cccc(NCc2cccc(C(F)F)c2)c1F. The number of hydrogen-bond acceptors (Lipinski definition) is 1. The van der Waals surface area contributed by atoms with Gasteiger partial charge in [0.2, 0.25) is 0 Å². The molecule has 0 saturated heterocycles. The molecule has 2 rings (SSSR count). The van der Waals surface area contributed by atoms with Crippen molar-refractivity contribution in [2.45, 2.75) is 13.0 Å². The zero-order chi connectivity index (χ0) is 13.8. The summed E-state index contributed by atoms with van der Waals surface area (Å²) in [6.07, 6.45) is -2.55. The summed E-state index contributed by atoms with van der Waals surface area (Å²) >= 11 is 0. The van der Waals surface area contributed by atoms with Crippen LogP contribution in [-0.2, 0) is 6.54 Å². The van der Waals surface area contributed by atoms with Crippen molar-refractivity contribution < 1.29 is 17.6 Å². The Morgan fingerprint density at radius 1 is 1.00 bits per heavy atom. The third-order valence-corrected chi connectivity index (χ3v) is 2.64. The maximum absolute atomic E-state index is 13.4. The summed E-state index contributed by atoms with van der Waals surface area (Å²) in [6.45, 7) is 0.140. The molecule has 0 amide bonds. The topological polar surface area (TPSA) is 12.0 Å². The second-order valence-corrected chi connectivity index (χ2v) is 4.00. The first-order chi connectivity index (χ1) is 9.08. The Morgan fingerprint density at radius 2 is 1.74 bits per heavy atom. The van der Waals surface area contributed by atoms with E-state index in [-0.39, 0.29) is 17.8 Å². The van der Waals surface area contributed by atoms with Crippen molar-refractivity contribution >= 4 is 5.69 Å². The molecular weight excluding hydrogens is 258 g/mol. The van der Waals surface area contributed by atoms with Gasteiger partial charge in [-0.05, 0) is 23.8 Å². The second-order valence-electron chi connectivity index (χ2n) is 4.00. The Labute approximate surface area is 107 Å². The predicted molar refractivity (Wildman–Crippen MR) is 65.1 cm³/mol. The summed E-state index contributed by atoms with van der Waals surface area (Å²) in [5, 5.41) is 2.68. The molecule has 19 heavy (non-hydrogen) atoms. The highest BCUT2D eigenvalue weighted by Gasteiger charge is 2.09. The molecule has 0 saturated carbocycles. The molecule has 0 atom stereocenters. The lowest BCUT2D eigenvalue weighted by molar-refractivity contribution is 0.151. The quantitative estimate of drug-likeness (QED) is 0.805. The van der Waals surface area contributed by atoms with Crippen LogP contribution in [0.4, 0.5) is 23.2 Å². The van der Waals surface area contributed by atoms with Crippen LogP contribution in [-0.4, -0.2) is 0 Å². The fourth-order valence-electron chi connectivity index (χ4n) is 1.68. The number of alkyl halides is 2. The van der Waals surface area contributed by atoms with Gasteiger partial charge in [-0.1, -0.05) is 24.3 Å². The first kappa shape index (κ1) is 13.4. The summed E-state index contributed by atoms with van der Waals surface area (Å²) in [7, 11) is 0. The fourth-order valence-corrected chi connectivity index (χ4v) is 1.68. The van der Waals surface area contributed by atoms with Crippen LogP contribution in [0.15, 0.2) is 42.5 Å². The van der Waals surface area contributed by atoms with Crippen LogP contribution in [0.1, 0.15) is 17.6 Å². The highest BCUT2D eigenvalue weighted by atomic mass is 19.3. The van der Waals surface area contributed by atoms with E-state index in [1.165, 1.54) is 30.3 Å². The minimum Gasteiger partial charge on any atom is -0.379 e. The Bertz CT molecular complexity index is 569. The van der Waals surface area contributed by atoms with Crippen molar-refractivity contribution in [1.82, 2.24) is 0 Å². The van der Waals surface area contributed by atoms with Gasteiger partial charge < -0.3 is 5.32 Å². The van der Waals surface area contributed by atoms with Gasteiger partial charge in [0.05, 0.1) is 5.69 Å². The first-order valence-electron chi connectivity index (χ1n) is 5.63. The van der Waals surface area contributed by atoms with E-state index in [0.717, 1.165) is 6.07 Å². The first-order valence-corrected chi connectivity index (χ1v) is 5.63. The van der Waals surface area contributed by atoms with Gasteiger partial charge >= 0.3 is 0 Å². The normalized spacial score (nSPS) is 10.8. The predicted octanol–water partition coefficient (Wildman–Crippen LogP) is 4.51. The number of halogens is 4.